The van der Waals surface area contributed by atoms with Crippen LogP contribution in [0.25, 0.3) is 0 Å². The molecule has 1 N–H and O–H groups in total. The van der Waals surface area contributed by atoms with Crippen LogP contribution in [0.1, 0.15) is 20.8 Å². The molecule has 0 fully saturated rings. The van der Waals surface area contributed by atoms with Gasteiger partial charge in [0, 0.05) is 11.6 Å². The highest BCUT2D eigenvalue weighted by molar-refractivity contribution is 5.94. The molecule has 0 aliphatic rings. The molecule has 0 radical (unpaired) electrons. The minimum absolute atomic E-state index is 0.00339. The Balaban J connectivity index is 2.62. The third-order valence-corrected chi connectivity index (χ3v) is 2.09. The normalized spacial score (nSPS) is 11.8. The van der Waals surface area contributed by atoms with Gasteiger partial charge in [0.25, 0.3) is 0 Å². The maximum absolute atomic E-state index is 13.2. The number of halogens is 1. The highest BCUT2D eigenvalue weighted by atomic mass is 19.1. The van der Waals surface area contributed by atoms with Crippen molar-refractivity contribution in [3.63, 3.8) is 0 Å². The van der Waals surface area contributed by atoms with Gasteiger partial charge in [-0.2, -0.15) is 0 Å². The summed E-state index contributed by atoms with van der Waals surface area (Å²) in [5.74, 6) is -0.341. The minimum atomic E-state index is -0.409. The third-order valence-electron chi connectivity index (χ3n) is 2.09. The average molecular weight is 221 g/mol. The number of ketones is 1. The Bertz CT molecular complexity index is 405. The molecule has 1 aromatic rings. The molecule has 2 nitrogen and oxygen atoms in total. The van der Waals surface area contributed by atoms with Crippen molar-refractivity contribution >= 4 is 11.5 Å². The Morgan fingerprint density at radius 1 is 1.31 bits per heavy atom. The van der Waals surface area contributed by atoms with Crippen LogP contribution >= 0.6 is 0 Å². The van der Waals surface area contributed by atoms with Gasteiger partial charge in [0.2, 0.25) is 0 Å². The molecular formula is C13H16FNO. The van der Waals surface area contributed by atoms with E-state index in [4.69, 9.17) is 0 Å². The summed E-state index contributed by atoms with van der Waals surface area (Å²) in [6, 6.07) is 6.32. The predicted molar refractivity (Wildman–Crippen MR) is 63.6 cm³/mol. The molecule has 86 valence electrons. The van der Waals surface area contributed by atoms with Gasteiger partial charge in [0.15, 0.2) is 5.78 Å². The summed E-state index contributed by atoms with van der Waals surface area (Å²) >= 11 is 0. The van der Waals surface area contributed by atoms with Gasteiger partial charge >= 0.3 is 0 Å². The van der Waals surface area contributed by atoms with Gasteiger partial charge in [0.05, 0.1) is 5.69 Å². The van der Waals surface area contributed by atoms with Crippen molar-refractivity contribution in [3.05, 3.63) is 42.4 Å². The minimum Gasteiger partial charge on any atom is -0.359 e. The van der Waals surface area contributed by atoms with E-state index in [1.807, 2.05) is 20.8 Å². The first-order valence-electron chi connectivity index (χ1n) is 5.13. The van der Waals surface area contributed by atoms with Crippen LogP contribution in [-0.4, -0.2) is 5.78 Å². The van der Waals surface area contributed by atoms with Crippen molar-refractivity contribution in [3.8, 4) is 0 Å². The van der Waals surface area contributed by atoms with Crippen LogP contribution in [0.2, 0.25) is 0 Å². The number of nitrogens with one attached hydrogen (secondary N) is 1. The van der Waals surface area contributed by atoms with Gasteiger partial charge in [-0.1, -0.05) is 32.9 Å². The standard InChI is InChI=1S/C13H16FNO/c1-13(2,3)12(16)8-9-15-11-7-5-4-6-10(11)14/h4-9,15H,1-3H3. The quantitative estimate of drug-likeness (QED) is 0.793. The summed E-state index contributed by atoms with van der Waals surface area (Å²) in [4.78, 5) is 11.5. The number of benzene rings is 1. The fourth-order valence-corrected chi connectivity index (χ4v) is 1.04. The largest absolute Gasteiger partial charge is 0.359 e. The second-order valence-electron chi connectivity index (χ2n) is 4.57. The maximum atomic E-state index is 13.2. The molecule has 1 rings (SSSR count). The Labute approximate surface area is 95.2 Å². The van der Waals surface area contributed by atoms with Crippen molar-refractivity contribution in [2.45, 2.75) is 20.8 Å². The predicted octanol–water partition coefficient (Wildman–Crippen LogP) is 3.37. The van der Waals surface area contributed by atoms with E-state index in [1.165, 1.54) is 18.3 Å². The monoisotopic (exact) mass is 221 g/mol. The molecule has 0 spiro atoms. The molecule has 0 saturated heterocycles. The van der Waals surface area contributed by atoms with E-state index in [9.17, 15) is 9.18 Å². The topological polar surface area (TPSA) is 29.1 Å². The fourth-order valence-electron chi connectivity index (χ4n) is 1.04. The van der Waals surface area contributed by atoms with Crippen LogP contribution in [0.3, 0.4) is 0 Å². The van der Waals surface area contributed by atoms with E-state index in [-0.39, 0.29) is 11.6 Å². The molecule has 0 heterocycles. The second kappa shape index (κ2) is 4.92. The molecule has 0 unspecified atom stereocenters. The number of carbonyl (C=O) groups is 1. The first-order valence-corrected chi connectivity index (χ1v) is 5.13. The average Bonchev–Trinajstić information content (AvgIpc) is 2.19. The zero-order valence-corrected chi connectivity index (χ0v) is 9.75. The molecule has 0 amide bonds. The van der Waals surface area contributed by atoms with Gasteiger partial charge in [0.1, 0.15) is 5.82 Å². The number of hydrogen-bond donors (Lipinski definition) is 1. The van der Waals surface area contributed by atoms with Crippen LogP contribution in [-0.2, 0) is 4.79 Å². The van der Waals surface area contributed by atoms with Gasteiger partial charge in [-0.25, -0.2) is 4.39 Å². The zero-order valence-electron chi connectivity index (χ0n) is 9.75. The first kappa shape index (κ1) is 12.4. The summed E-state index contributed by atoms with van der Waals surface area (Å²) in [5.41, 5.74) is -0.0478. The summed E-state index contributed by atoms with van der Waals surface area (Å²) in [6.07, 6.45) is 2.89. The van der Waals surface area contributed by atoms with Gasteiger partial charge < -0.3 is 5.32 Å². The highest BCUT2D eigenvalue weighted by Crippen LogP contribution is 2.16. The molecule has 0 atom stereocenters. The second-order valence-corrected chi connectivity index (χ2v) is 4.57. The Morgan fingerprint density at radius 3 is 2.50 bits per heavy atom. The van der Waals surface area contributed by atoms with Crippen molar-refractivity contribution < 1.29 is 9.18 Å². The van der Waals surface area contributed by atoms with Crippen molar-refractivity contribution in [1.29, 1.82) is 0 Å². The Morgan fingerprint density at radius 2 is 1.94 bits per heavy atom. The van der Waals surface area contributed by atoms with E-state index in [1.54, 1.807) is 18.2 Å². The van der Waals surface area contributed by atoms with Crippen molar-refractivity contribution in [1.82, 2.24) is 0 Å². The Kier molecular flexibility index (Phi) is 3.82. The highest BCUT2D eigenvalue weighted by Gasteiger charge is 2.17. The summed E-state index contributed by atoms with van der Waals surface area (Å²) < 4.78 is 13.2. The Hall–Kier alpha value is -1.64. The molecule has 0 aromatic heterocycles. The lowest BCUT2D eigenvalue weighted by atomic mass is 9.91. The number of allylic oxidation sites excluding steroid dienone is 1. The van der Waals surface area contributed by atoms with Crippen LogP contribution in [0.4, 0.5) is 10.1 Å². The van der Waals surface area contributed by atoms with E-state index < -0.39 is 5.41 Å². The van der Waals surface area contributed by atoms with E-state index in [0.29, 0.717) is 5.69 Å². The van der Waals surface area contributed by atoms with E-state index >= 15 is 0 Å². The number of anilines is 1. The van der Waals surface area contributed by atoms with Crippen LogP contribution < -0.4 is 5.32 Å². The molecule has 3 heteroatoms. The van der Waals surface area contributed by atoms with Gasteiger partial charge in [-0.3, -0.25) is 4.79 Å². The van der Waals surface area contributed by atoms with Crippen LogP contribution in [0.5, 0.6) is 0 Å². The molecular weight excluding hydrogens is 205 g/mol. The molecule has 0 bridgehead atoms. The summed E-state index contributed by atoms with van der Waals surface area (Å²) in [6.45, 7) is 5.51. The molecule has 0 saturated carbocycles. The molecule has 16 heavy (non-hydrogen) atoms. The first-order chi connectivity index (χ1) is 7.41. The maximum Gasteiger partial charge on any atom is 0.162 e. The molecule has 1 aromatic carbocycles. The summed E-state index contributed by atoms with van der Waals surface area (Å²) in [7, 11) is 0. The van der Waals surface area contributed by atoms with Crippen LogP contribution in [0.15, 0.2) is 36.5 Å². The lowest BCUT2D eigenvalue weighted by molar-refractivity contribution is -0.121. The summed E-state index contributed by atoms with van der Waals surface area (Å²) in [5, 5.41) is 2.74. The lowest BCUT2D eigenvalue weighted by Crippen LogP contribution is -2.17. The number of carbonyl (C=O) groups excluding carboxylic acids is 1. The number of hydrogen-bond acceptors (Lipinski definition) is 2. The van der Waals surface area contributed by atoms with Crippen molar-refractivity contribution in [2.75, 3.05) is 5.32 Å². The van der Waals surface area contributed by atoms with Crippen molar-refractivity contribution in [2.24, 2.45) is 5.41 Å². The van der Waals surface area contributed by atoms with E-state index in [2.05, 4.69) is 5.32 Å². The van der Waals surface area contributed by atoms with E-state index in [0.717, 1.165) is 0 Å². The third kappa shape index (κ3) is 3.50. The van der Waals surface area contributed by atoms with Gasteiger partial charge in [-0.15, -0.1) is 0 Å². The fraction of sp³-hybridized carbons (Fsp3) is 0.308. The number of rotatable bonds is 3. The van der Waals surface area contributed by atoms with Gasteiger partial charge in [-0.05, 0) is 18.2 Å². The van der Waals surface area contributed by atoms with Crippen LogP contribution in [0, 0.1) is 11.2 Å². The molecule has 0 aliphatic heterocycles. The SMILES string of the molecule is CC(C)(C)C(=O)C=CNc1ccccc1F. The zero-order chi connectivity index (χ0) is 12.2. The smallest absolute Gasteiger partial charge is 0.162 e. The number of para-hydroxylation sites is 1. The molecule has 0 aliphatic carbocycles. The lowest BCUT2D eigenvalue weighted by Gasteiger charge is -2.13.